The molecule has 1 atom stereocenters. The normalized spacial score (nSPS) is 14.5. The molecule has 0 bridgehead atoms. The molecule has 0 aliphatic heterocycles. The quantitative estimate of drug-likeness (QED) is 0.245. The first-order chi connectivity index (χ1) is 20.5. The lowest BCUT2D eigenvalue weighted by molar-refractivity contribution is -0.139. The Kier molecular flexibility index (Phi) is 11.2. The van der Waals surface area contributed by atoms with Crippen molar-refractivity contribution in [1.29, 1.82) is 0 Å². The van der Waals surface area contributed by atoms with Gasteiger partial charge in [-0.25, -0.2) is 8.42 Å². The number of sulfonamides is 1. The van der Waals surface area contributed by atoms with Gasteiger partial charge in [-0.3, -0.25) is 13.9 Å². The van der Waals surface area contributed by atoms with Crippen molar-refractivity contribution < 1.29 is 22.7 Å². The third-order valence-electron chi connectivity index (χ3n) is 7.49. The van der Waals surface area contributed by atoms with Crippen molar-refractivity contribution in [2.75, 3.05) is 18.0 Å². The van der Waals surface area contributed by atoms with Crippen molar-refractivity contribution in [3.05, 3.63) is 87.4 Å². The molecule has 1 N–H and O–H groups in total. The van der Waals surface area contributed by atoms with E-state index in [1.54, 1.807) is 43.3 Å². The third-order valence-corrected chi connectivity index (χ3v) is 10.3. The number of hydrogen-bond donors (Lipinski definition) is 1. The van der Waals surface area contributed by atoms with Gasteiger partial charge in [-0.15, -0.1) is 0 Å². The minimum absolute atomic E-state index is 0.00241. The Hall–Kier alpha value is -2.98. The zero-order chi connectivity index (χ0) is 31.1. The number of halogens is 3. The Morgan fingerprint density at radius 3 is 2.26 bits per heavy atom. The van der Waals surface area contributed by atoms with Crippen LogP contribution in [0.15, 0.2) is 71.6 Å². The molecule has 0 aromatic heterocycles. The second-order valence-corrected chi connectivity index (χ2v) is 13.5. The van der Waals surface area contributed by atoms with Crippen LogP contribution in [0.25, 0.3) is 0 Å². The summed E-state index contributed by atoms with van der Waals surface area (Å²) in [7, 11) is -2.78. The van der Waals surface area contributed by atoms with E-state index in [1.165, 1.54) is 42.3 Å². The summed E-state index contributed by atoms with van der Waals surface area (Å²) in [5, 5.41) is 3.90. The van der Waals surface area contributed by atoms with Crippen LogP contribution in [0.4, 0.5) is 5.69 Å². The first-order valence-electron chi connectivity index (χ1n) is 14.0. The predicted octanol–water partition coefficient (Wildman–Crippen LogP) is 6.72. The fourth-order valence-corrected chi connectivity index (χ4v) is 7.04. The molecule has 4 rings (SSSR count). The van der Waals surface area contributed by atoms with Crippen molar-refractivity contribution in [2.24, 2.45) is 0 Å². The van der Waals surface area contributed by atoms with Crippen molar-refractivity contribution in [2.45, 2.75) is 62.6 Å². The topological polar surface area (TPSA) is 96.0 Å². The zero-order valence-electron chi connectivity index (χ0n) is 23.9. The monoisotopic (exact) mass is 665 g/mol. The van der Waals surface area contributed by atoms with E-state index in [4.69, 9.17) is 39.5 Å². The smallest absolute Gasteiger partial charge is 0.264 e. The first-order valence-corrected chi connectivity index (χ1v) is 16.5. The number of rotatable bonds is 11. The van der Waals surface area contributed by atoms with Gasteiger partial charge in [-0.1, -0.05) is 78.3 Å². The lowest BCUT2D eigenvalue weighted by Crippen LogP contribution is -2.53. The molecule has 0 radical (unpaired) electrons. The number of hydrogen-bond acceptors (Lipinski definition) is 5. The Balaban J connectivity index is 1.70. The molecule has 1 saturated carbocycles. The summed E-state index contributed by atoms with van der Waals surface area (Å²) >= 11 is 18.7. The van der Waals surface area contributed by atoms with Crippen LogP contribution in [-0.4, -0.2) is 50.9 Å². The van der Waals surface area contributed by atoms with Gasteiger partial charge < -0.3 is 15.0 Å². The van der Waals surface area contributed by atoms with Crippen molar-refractivity contribution in [3.8, 4) is 5.75 Å². The molecule has 8 nitrogen and oxygen atoms in total. The maximum atomic E-state index is 14.1. The Bertz CT molecular complexity index is 1550. The molecule has 0 heterocycles. The van der Waals surface area contributed by atoms with Gasteiger partial charge in [0.2, 0.25) is 11.8 Å². The van der Waals surface area contributed by atoms with Crippen LogP contribution in [0.5, 0.6) is 5.75 Å². The molecule has 0 unspecified atom stereocenters. The van der Waals surface area contributed by atoms with E-state index in [2.05, 4.69) is 5.32 Å². The molecule has 0 spiro atoms. The fourth-order valence-electron chi connectivity index (χ4n) is 5.04. The lowest BCUT2D eigenvalue weighted by Gasteiger charge is -2.33. The van der Waals surface area contributed by atoms with E-state index < -0.39 is 28.5 Å². The van der Waals surface area contributed by atoms with Crippen LogP contribution in [-0.2, 0) is 26.2 Å². The molecule has 230 valence electrons. The zero-order valence-corrected chi connectivity index (χ0v) is 27.0. The number of methoxy groups -OCH3 is 1. The predicted molar refractivity (Wildman–Crippen MR) is 170 cm³/mol. The highest BCUT2D eigenvalue weighted by molar-refractivity contribution is 7.92. The van der Waals surface area contributed by atoms with E-state index in [0.29, 0.717) is 21.4 Å². The average Bonchev–Trinajstić information content (AvgIpc) is 3.00. The molecular weight excluding hydrogens is 633 g/mol. The highest BCUT2D eigenvalue weighted by Gasteiger charge is 2.33. The number of carbonyl (C=O) groups is 2. The van der Waals surface area contributed by atoms with Crippen LogP contribution >= 0.6 is 34.8 Å². The SMILES string of the molecule is COc1ccc(N(CC(=O)N(Cc2ccc(Cl)c(Cl)c2)[C@H](C)C(=O)NC2CCCCC2)S(=O)(=O)c2ccccc2)cc1Cl. The van der Waals surface area contributed by atoms with E-state index in [9.17, 15) is 18.0 Å². The Labute approximate surface area is 267 Å². The maximum Gasteiger partial charge on any atom is 0.264 e. The Morgan fingerprint density at radius 1 is 0.930 bits per heavy atom. The van der Waals surface area contributed by atoms with Gasteiger partial charge in [-0.05, 0) is 67.8 Å². The van der Waals surface area contributed by atoms with Gasteiger partial charge in [-0.2, -0.15) is 0 Å². The van der Waals surface area contributed by atoms with Crippen molar-refractivity contribution in [1.82, 2.24) is 10.2 Å². The summed E-state index contributed by atoms with van der Waals surface area (Å²) in [4.78, 5) is 28.9. The van der Waals surface area contributed by atoms with Gasteiger partial charge in [0, 0.05) is 12.6 Å². The minimum atomic E-state index is -4.23. The third kappa shape index (κ3) is 8.15. The van der Waals surface area contributed by atoms with Gasteiger partial charge in [0.1, 0.15) is 18.3 Å². The summed E-state index contributed by atoms with van der Waals surface area (Å²) in [6, 6.07) is 16.3. The number of anilines is 1. The second kappa shape index (κ2) is 14.7. The summed E-state index contributed by atoms with van der Waals surface area (Å²) < 4.78 is 34.1. The summed E-state index contributed by atoms with van der Waals surface area (Å²) in [5.74, 6) is -0.558. The Morgan fingerprint density at radius 2 is 1.63 bits per heavy atom. The number of nitrogens with zero attached hydrogens (tertiary/aromatic N) is 2. The number of ether oxygens (including phenoxy) is 1. The molecule has 43 heavy (non-hydrogen) atoms. The molecule has 12 heteroatoms. The largest absolute Gasteiger partial charge is 0.495 e. The maximum absolute atomic E-state index is 14.1. The van der Waals surface area contributed by atoms with Gasteiger partial charge in [0.05, 0.1) is 32.8 Å². The molecule has 1 fully saturated rings. The van der Waals surface area contributed by atoms with Gasteiger partial charge >= 0.3 is 0 Å². The molecule has 3 aromatic carbocycles. The number of amides is 2. The highest BCUT2D eigenvalue weighted by atomic mass is 35.5. The summed E-state index contributed by atoms with van der Waals surface area (Å²) in [5.41, 5.74) is 0.793. The van der Waals surface area contributed by atoms with E-state index in [-0.39, 0.29) is 34.1 Å². The molecule has 1 aliphatic rings. The molecule has 0 saturated heterocycles. The first kappa shape index (κ1) is 32.9. The standard InChI is InChI=1S/C31H34Cl3N3O5S/c1-21(31(39)35-23-9-5-3-6-10-23)36(19-22-13-15-26(32)27(33)17-22)30(38)20-37(24-14-16-29(42-2)28(34)18-24)43(40,41)25-11-7-4-8-12-25/h4,7-8,11-18,21,23H,3,5-6,9-10,19-20H2,1-2H3,(H,35,39)/t21-/m1/s1. The van der Waals surface area contributed by atoms with E-state index >= 15 is 0 Å². The van der Waals surface area contributed by atoms with E-state index in [0.717, 1.165) is 36.4 Å². The van der Waals surface area contributed by atoms with Crippen LogP contribution in [0, 0.1) is 0 Å². The number of carbonyl (C=O) groups excluding carboxylic acids is 2. The van der Waals surface area contributed by atoms with Crippen molar-refractivity contribution in [3.63, 3.8) is 0 Å². The summed E-state index contributed by atoms with van der Waals surface area (Å²) in [6.45, 7) is 1.04. The van der Waals surface area contributed by atoms with E-state index in [1.807, 2.05) is 0 Å². The van der Waals surface area contributed by atoms with Crippen LogP contribution in [0.3, 0.4) is 0 Å². The fraction of sp³-hybridized carbons (Fsp3) is 0.355. The van der Waals surface area contributed by atoms with Crippen LogP contribution < -0.4 is 14.4 Å². The minimum Gasteiger partial charge on any atom is -0.495 e. The summed E-state index contributed by atoms with van der Waals surface area (Å²) in [6.07, 6.45) is 4.94. The number of nitrogens with one attached hydrogen (secondary N) is 1. The van der Waals surface area contributed by atoms with Gasteiger partial charge in [0.15, 0.2) is 0 Å². The molecule has 2 amide bonds. The number of benzene rings is 3. The lowest BCUT2D eigenvalue weighted by atomic mass is 9.95. The molecular formula is C31H34Cl3N3O5S. The average molecular weight is 667 g/mol. The van der Waals surface area contributed by atoms with Crippen LogP contribution in [0.2, 0.25) is 15.1 Å². The molecule has 3 aromatic rings. The van der Waals surface area contributed by atoms with Crippen LogP contribution in [0.1, 0.15) is 44.6 Å². The van der Waals surface area contributed by atoms with Gasteiger partial charge in [0.25, 0.3) is 10.0 Å². The highest BCUT2D eigenvalue weighted by Crippen LogP contribution is 2.32. The molecule has 1 aliphatic carbocycles. The van der Waals surface area contributed by atoms with Crippen molar-refractivity contribution >= 4 is 62.3 Å². The second-order valence-electron chi connectivity index (χ2n) is 10.4.